The van der Waals surface area contributed by atoms with Crippen LogP contribution in [0.4, 0.5) is 0 Å². The first kappa shape index (κ1) is 14.0. The molecule has 1 fully saturated rings. The van der Waals surface area contributed by atoms with Gasteiger partial charge >= 0.3 is 0 Å². The van der Waals surface area contributed by atoms with Crippen molar-refractivity contribution in [2.75, 3.05) is 6.61 Å². The Hall–Kier alpha value is -0.0800. The Bertz CT molecular complexity index is 213. The Morgan fingerprint density at radius 2 is 1.94 bits per heavy atom. The van der Waals surface area contributed by atoms with E-state index in [9.17, 15) is 0 Å². The second-order valence-corrected chi connectivity index (χ2v) is 6.78. The van der Waals surface area contributed by atoms with E-state index in [1.165, 1.54) is 19.3 Å². The van der Waals surface area contributed by atoms with Crippen molar-refractivity contribution >= 4 is 0 Å². The van der Waals surface area contributed by atoms with Crippen LogP contribution in [0.25, 0.3) is 0 Å². The molecule has 1 rings (SSSR count). The van der Waals surface area contributed by atoms with Crippen molar-refractivity contribution in [3.8, 4) is 0 Å². The monoisotopic (exact) mass is 227 g/mol. The number of rotatable bonds is 4. The maximum absolute atomic E-state index is 6.01. The summed E-state index contributed by atoms with van der Waals surface area (Å²) in [6.45, 7) is 12.1. The third kappa shape index (κ3) is 4.42. The molecule has 3 atom stereocenters. The summed E-state index contributed by atoms with van der Waals surface area (Å²) in [5.74, 6) is 1.29. The molecule has 0 aromatic heterocycles. The molecule has 0 bridgehead atoms. The zero-order chi connectivity index (χ0) is 12.3. The minimum atomic E-state index is 0.181. The summed E-state index contributed by atoms with van der Waals surface area (Å²) in [6.07, 6.45) is 4.13. The molecular formula is C14H29NO. The Morgan fingerprint density at radius 3 is 2.44 bits per heavy atom. The van der Waals surface area contributed by atoms with Gasteiger partial charge in [0, 0.05) is 6.04 Å². The SMILES string of the molecule is CC1CC(OCC(N)C(C)C)CC(C)(C)C1. The lowest BCUT2D eigenvalue weighted by Gasteiger charge is -2.39. The van der Waals surface area contributed by atoms with Gasteiger partial charge in [0.1, 0.15) is 0 Å². The fourth-order valence-electron chi connectivity index (χ4n) is 2.83. The van der Waals surface area contributed by atoms with Crippen molar-refractivity contribution in [3.63, 3.8) is 0 Å². The first-order valence-electron chi connectivity index (χ1n) is 6.67. The molecule has 1 aliphatic rings. The Balaban J connectivity index is 2.37. The first-order valence-corrected chi connectivity index (χ1v) is 6.67. The lowest BCUT2D eigenvalue weighted by atomic mass is 9.71. The fraction of sp³-hybridized carbons (Fsp3) is 1.00. The van der Waals surface area contributed by atoms with Crippen LogP contribution in [0.2, 0.25) is 0 Å². The van der Waals surface area contributed by atoms with E-state index in [0.717, 1.165) is 5.92 Å². The van der Waals surface area contributed by atoms with Gasteiger partial charge < -0.3 is 10.5 Å². The number of nitrogens with two attached hydrogens (primary N) is 1. The fourth-order valence-corrected chi connectivity index (χ4v) is 2.83. The maximum Gasteiger partial charge on any atom is 0.0623 e. The Kier molecular flexibility index (Phi) is 4.81. The van der Waals surface area contributed by atoms with Crippen molar-refractivity contribution in [1.29, 1.82) is 0 Å². The Morgan fingerprint density at radius 1 is 1.31 bits per heavy atom. The lowest BCUT2D eigenvalue weighted by molar-refractivity contribution is -0.0309. The highest BCUT2D eigenvalue weighted by atomic mass is 16.5. The van der Waals surface area contributed by atoms with Crippen LogP contribution in [0, 0.1) is 17.3 Å². The zero-order valence-electron chi connectivity index (χ0n) is 11.6. The van der Waals surface area contributed by atoms with Gasteiger partial charge in [-0.3, -0.25) is 0 Å². The van der Waals surface area contributed by atoms with E-state index in [1.807, 2.05) is 0 Å². The molecule has 0 amide bonds. The van der Waals surface area contributed by atoms with Gasteiger partial charge in [0.2, 0.25) is 0 Å². The van der Waals surface area contributed by atoms with E-state index in [-0.39, 0.29) is 6.04 Å². The summed E-state index contributed by atoms with van der Waals surface area (Å²) >= 11 is 0. The van der Waals surface area contributed by atoms with Gasteiger partial charge in [-0.05, 0) is 36.5 Å². The summed E-state index contributed by atoms with van der Waals surface area (Å²) in [6, 6.07) is 0.181. The molecule has 2 N–H and O–H groups in total. The van der Waals surface area contributed by atoms with E-state index >= 15 is 0 Å². The topological polar surface area (TPSA) is 35.2 Å². The molecule has 0 aromatic carbocycles. The number of hydrogen-bond acceptors (Lipinski definition) is 2. The van der Waals surface area contributed by atoms with Gasteiger partial charge in [0.15, 0.2) is 0 Å². The standard InChI is InChI=1S/C14H29NO/c1-10(2)13(15)9-16-12-6-11(3)7-14(4,5)8-12/h10-13H,6-9,15H2,1-5H3. The van der Waals surface area contributed by atoms with E-state index in [4.69, 9.17) is 10.5 Å². The van der Waals surface area contributed by atoms with Crippen LogP contribution < -0.4 is 5.73 Å². The molecule has 0 radical (unpaired) electrons. The molecule has 3 unspecified atom stereocenters. The van der Waals surface area contributed by atoms with Gasteiger partial charge in [0.25, 0.3) is 0 Å². The Labute approximate surface area is 101 Å². The molecule has 0 spiro atoms. The molecule has 1 saturated carbocycles. The van der Waals surface area contributed by atoms with E-state index < -0.39 is 0 Å². The minimum absolute atomic E-state index is 0.181. The third-order valence-electron chi connectivity index (χ3n) is 3.73. The quantitative estimate of drug-likeness (QED) is 0.800. The van der Waals surface area contributed by atoms with E-state index in [1.54, 1.807) is 0 Å². The predicted octanol–water partition coefficient (Wildman–Crippen LogP) is 3.20. The number of ether oxygens (including phenoxy) is 1. The van der Waals surface area contributed by atoms with Gasteiger partial charge in [0.05, 0.1) is 12.7 Å². The number of hydrogen-bond donors (Lipinski definition) is 1. The third-order valence-corrected chi connectivity index (χ3v) is 3.73. The highest BCUT2D eigenvalue weighted by molar-refractivity contribution is 4.83. The second kappa shape index (κ2) is 5.50. The maximum atomic E-state index is 6.01. The van der Waals surface area contributed by atoms with Crippen LogP contribution in [0.5, 0.6) is 0 Å². The molecule has 1 aliphatic carbocycles. The van der Waals surface area contributed by atoms with Gasteiger partial charge in [-0.15, -0.1) is 0 Å². The van der Waals surface area contributed by atoms with Gasteiger partial charge in [-0.1, -0.05) is 34.6 Å². The van der Waals surface area contributed by atoms with E-state index in [0.29, 0.717) is 24.0 Å². The normalized spacial score (nSPS) is 31.7. The average Bonchev–Trinajstić information content (AvgIpc) is 2.10. The molecule has 0 aliphatic heterocycles. The summed E-state index contributed by atoms with van der Waals surface area (Å²) < 4.78 is 5.99. The largest absolute Gasteiger partial charge is 0.377 e. The molecule has 2 nitrogen and oxygen atoms in total. The van der Waals surface area contributed by atoms with Crippen molar-refractivity contribution in [2.45, 2.75) is 66.0 Å². The summed E-state index contributed by atoms with van der Waals surface area (Å²) in [4.78, 5) is 0. The van der Waals surface area contributed by atoms with Crippen LogP contribution in [-0.2, 0) is 4.74 Å². The molecule has 2 heteroatoms. The van der Waals surface area contributed by atoms with Crippen molar-refractivity contribution < 1.29 is 4.74 Å². The van der Waals surface area contributed by atoms with Gasteiger partial charge in [-0.25, -0.2) is 0 Å². The highest BCUT2D eigenvalue weighted by Crippen LogP contribution is 2.39. The zero-order valence-corrected chi connectivity index (χ0v) is 11.6. The van der Waals surface area contributed by atoms with E-state index in [2.05, 4.69) is 34.6 Å². The summed E-state index contributed by atoms with van der Waals surface area (Å²) in [7, 11) is 0. The lowest BCUT2D eigenvalue weighted by Crippen LogP contribution is -2.37. The molecule has 96 valence electrons. The molecule has 0 saturated heterocycles. The minimum Gasteiger partial charge on any atom is -0.377 e. The first-order chi connectivity index (χ1) is 7.30. The van der Waals surface area contributed by atoms with Crippen LogP contribution in [0.1, 0.15) is 53.9 Å². The van der Waals surface area contributed by atoms with Crippen LogP contribution in [0.3, 0.4) is 0 Å². The van der Waals surface area contributed by atoms with Gasteiger partial charge in [-0.2, -0.15) is 0 Å². The summed E-state index contributed by atoms with van der Waals surface area (Å²) in [5.41, 5.74) is 6.45. The molecule has 16 heavy (non-hydrogen) atoms. The van der Waals surface area contributed by atoms with Crippen molar-refractivity contribution in [2.24, 2.45) is 23.0 Å². The second-order valence-electron chi connectivity index (χ2n) is 6.78. The highest BCUT2D eigenvalue weighted by Gasteiger charge is 2.32. The smallest absolute Gasteiger partial charge is 0.0623 e. The van der Waals surface area contributed by atoms with Crippen LogP contribution in [-0.4, -0.2) is 18.8 Å². The van der Waals surface area contributed by atoms with Crippen LogP contribution in [0.15, 0.2) is 0 Å². The molecular weight excluding hydrogens is 198 g/mol. The predicted molar refractivity (Wildman–Crippen MR) is 69.3 cm³/mol. The molecule has 0 heterocycles. The molecule has 0 aromatic rings. The van der Waals surface area contributed by atoms with Crippen molar-refractivity contribution in [1.82, 2.24) is 0 Å². The van der Waals surface area contributed by atoms with Crippen LogP contribution >= 0.6 is 0 Å². The summed E-state index contributed by atoms with van der Waals surface area (Å²) in [5, 5.41) is 0. The van der Waals surface area contributed by atoms with Crippen molar-refractivity contribution in [3.05, 3.63) is 0 Å². The average molecular weight is 227 g/mol.